The predicted molar refractivity (Wildman–Crippen MR) is 84.4 cm³/mol. The van der Waals surface area contributed by atoms with Crippen LogP contribution >= 0.6 is 0 Å². The van der Waals surface area contributed by atoms with Crippen molar-refractivity contribution in [2.24, 2.45) is 0 Å². The maximum Gasteiger partial charge on any atom is 0.416 e. The van der Waals surface area contributed by atoms with Crippen LogP contribution in [0.25, 0.3) is 0 Å². The fourth-order valence-corrected chi connectivity index (χ4v) is 3.20. The highest BCUT2D eigenvalue weighted by molar-refractivity contribution is 7.94. The monoisotopic (exact) mass is 363 g/mol. The highest BCUT2D eigenvalue weighted by Crippen LogP contribution is 2.11. The lowest BCUT2D eigenvalue weighted by Crippen LogP contribution is -2.15. The topological polar surface area (TPSA) is 142 Å². The number of hydrogen-bond acceptors (Lipinski definition) is 7. The summed E-state index contributed by atoms with van der Waals surface area (Å²) in [5, 5.41) is 0. The van der Waals surface area contributed by atoms with Crippen LogP contribution in [0.1, 0.15) is 71.1 Å². The molecule has 0 fully saturated rings. The van der Waals surface area contributed by atoms with E-state index in [9.17, 15) is 16.8 Å². The van der Waals surface area contributed by atoms with Crippen molar-refractivity contribution in [1.29, 1.82) is 0 Å². The molecule has 136 valence electrons. The van der Waals surface area contributed by atoms with Gasteiger partial charge in [-0.05, 0) is 6.42 Å². The molecule has 0 aliphatic rings. The fraction of sp³-hybridized carbons (Fsp3) is 1.00. The van der Waals surface area contributed by atoms with E-state index in [-0.39, 0.29) is 12.8 Å². The normalized spacial score (nSPS) is 12.1. The van der Waals surface area contributed by atoms with Crippen LogP contribution in [0.3, 0.4) is 0 Å². The van der Waals surface area contributed by atoms with Gasteiger partial charge >= 0.3 is 20.8 Å². The smallest absolute Gasteiger partial charge is 0.344 e. The maximum absolute atomic E-state index is 10.9. The van der Waals surface area contributed by atoms with Crippen molar-refractivity contribution in [3.8, 4) is 0 Å². The first-order valence-corrected chi connectivity index (χ1v) is 10.0. The molecule has 4 N–H and O–H groups in total. The lowest BCUT2D eigenvalue weighted by atomic mass is 10.1. The molecule has 0 bridgehead atoms. The van der Waals surface area contributed by atoms with Crippen molar-refractivity contribution in [3.05, 3.63) is 0 Å². The molecule has 0 atom stereocenters. The van der Waals surface area contributed by atoms with E-state index >= 15 is 0 Å². The minimum atomic E-state index is -5.06. The van der Waals surface area contributed by atoms with Gasteiger partial charge in [0.15, 0.2) is 0 Å². The molecule has 0 spiro atoms. The molecule has 22 heavy (non-hydrogen) atoms. The SMILES string of the molecule is CCCCCCCCCCCCOS(=O)(=O)OS(=O)(=O)O.N. The van der Waals surface area contributed by atoms with Crippen LogP contribution in [0, 0.1) is 0 Å². The van der Waals surface area contributed by atoms with Gasteiger partial charge in [-0.1, -0.05) is 64.7 Å². The van der Waals surface area contributed by atoms with Crippen LogP contribution in [0.5, 0.6) is 0 Å². The molecule has 0 aliphatic carbocycles. The summed E-state index contributed by atoms with van der Waals surface area (Å²) in [7, 11) is -9.75. The van der Waals surface area contributed by atoms with E-state index in [0.29, 0.717) is 6.42 Å². The second-order valence-corrected chi connectivity index (χ2v) is 7.36. The summed E-state index contributed by atoms with van der Waals surface area (Å²) >= 11 is 0. The lowest BCUT2D eigenvalue weighted by molar-refractivity contribution is 0.258. The molecule has 0 unspecified atom stereocenters. The van der Waals surface area contributed by atoms with Crippen molar-refractivity contribution in [3.63, 3.8) is 0 Å². The average molecular weight is 363 g/mol. The minimum Gasteiger partial charge on any atom is -0.344 e. The van der Waals surface area contributed by atoms with Gasteiger partial charge in [0.2, 0.25) is 0 Å². The Bertz CT molecular complexity index is 448. The summed E-state index contributed by atoms with van der Waals surface area (Å²) in [5.74, 6) is 0. The van der Waals surface area contributed by atoms with Crippen LogP contribution in [-0.4, -0.2) is 28.0 Å². The summed E-state index contributed by atoms with van der Waals surface area (Å²) in [6.07, 6.45) is 10.9. The van der Waals surface area contributed by atoms with Gasteiger partial charge in [-0.2, -0.15) is 16.8 Å². The van der Waals surface area contributed by atoms with E-state index in [0.717, 1.165) is 19.3 Å². The molecule has 0 radical (unpaired) electrons. The summed E-state index contributed by atoms with van der Waals surface area (Å²) in [6, 6.07) is 0. The van der Waals surface area contributed by atoms with Gasteiger partial charge in [-0.25, -0.2) is 4.18 Å². The maximum atomic E-state index is 10.9. The fourth-order valence-electron chi connectivity index (χ4n) is 1.88. The quantitative estimate of drug-likeness (QED) is 0.354. The summed E-state index contributed by atoms with van der Waals surface area (Å²) in [6.45, 7) is 2.03. The Balaban J connectivity index is 0. The highest BCUT2D eigenvalue weighted by Gasteiger charge is 2.20. The standard InChI is InChI=1S/C12H26O7S2.H3N/c1-2-3-4-5-6-7-8-9-10-11-12-18-21(16,17)19-20(13,14)15;/h2-12H2,1H3,(H,13,14,15);1H3. The van der Waals surface area contributed by atoms with E-state index < -0.39 is 20.8 Å². The van der Waals surface area contributed by atoms with Gasteiger partial charge in [0.05, 0.1) is 6.61 Å². The van der Waals surface area contributed by atoms with Crippen LogP contribution in [-0.2, 0) is 28.6 Å². The Hall–Kier alpha value is -0.260. The molecule has 0 amide bonds. The zero-order chi connectivity index (χ0) is 16.2. The Morgan fingerprint density at radius 2 is 1.18 bits per heavy atom. The predicted octanol–water partition coefficient (Wildman–Crippen LogP) is 3.15. The second-order valence-electron chi connectivity index (χ2n) is 4.91. The van der Waals surface area contributed by atoms with Crippen molar-refractivity contribution in [2.45, 2.75) is 71.1 Å². The molecular weight excluding hydrogens is 334 g/mol. The van der Waals surface area contributed by atoms with Crippen molar-refractivity contribution < 1.29 is 29.2 Å². The van der Waals surface area contributed by atoms with Gasteiger partial charge in [-0.15, -0.1) is 3.63 Å². The third-order valence-corrected chi connectivity index (χ3v) is 4.70. The molecule has 0 aliphatic heterocycles. The van der Waals surface area contributed by atoms with Crippen LogP contribution in [0.4, 0.5) is 0 Å². The Morgan fingerprint density at radius 1 is 0.773 bits per heavy atom. The van der Waals surface area contributed by atoms with E-state index in [1.807, 2.05) is 0 Å². The Morgan fingerprint density at radius 3 is 1.59 bits per heavy atom. The van der Waals surface area contributed by atoms with Gasteiger partial charge < -0.3 is 6.15 Å². The van der Waals surface area contributed by atoms with Crippen LogP contribution in [0.15, 0.2) is 0 Å². The molecule has 0 aromatic rings. The van der Waals surface area contributed by atoms with Crippen LogP contribution < -0.4 is 6.15 Å². The minimum absolute atomic E-state index is 0. The third-order valence-electron chi connectivity index (χ3n) is 2.89. The molecular formula is C12H29NO7S2. The Labute approximate surface area is 134 Å². The van der Waals surface area contributed by atoms with E-state index in [1.54, 1.807) is 0 Å². The summed E-state index contributed by atoms with van der Waals surface area (Å²) in [5.41, 5.74) is 0. The first kappa shape index (κ1) is 24.0. The zero-order valence-corrected chi connectivity index (χ0v) is 14.8. The third kappa shape index (κ3) is 17.8. The van der Waals surface area contributed by atoms with Crippen molar-refractivity contribution in [1.82, 2.24) is 6.15 Å². The first-order chi connectivity index (χ1) is 9.77. The molecule has 0 rings (SSSR count). The van der Waals surface area contributed by atoms with Crippen molar-refractivity contribution in [2.75, 3.05) is 6.61 Å². The molecule has 0 heterocycles. The molecule has 10 heteroatoms. The van der Waals surface area contributed by atoms with Gasteiger partial charge in [0, 0.05) is 0 Å². The molecule has 0 saturated carbocycles. The van der Waals surface area contributed by atoms with Crippen LogP contribution in [0.2, 0.25) is 0 Å². The number of unbranched alkanes of at least 4 members (excludes halogenated alkanes) is 9. The van der Waals surface area contributed by atoms with Crippen molar-refractivity contribution >= 4 is 20.8 Å². The van der Waals surface area contributed by atoms with Gasteiger partial charge in [0.25, 0.3) is 0 Å². The summed E-state index contributed by atoms with van der Waals surface area (Å²) in [4.78, 5) is 0. The Kier molecular flexibility index (Phi) is 14.4. The first-order valence-electron chi connectivity index (χ1n) is 7.35. The van der Waals surface area contributed by atoms with E-state index in [1.165, 1.54) is 38.5 Å². The van der Waals surface area contributed by atoms with Gasteiger partial charge in [-0.3, -0.25) is 4.55 Å². The molecule has 8 nitrogen and oxygen atoms in total. The molecule has 0 aromatic heterocycles. The van der Waals surface area contributed by atoms with E-state index in [4.69, 9.17) is 4.55 Å². The second kappa shape index (κ2) is 13.2. The largest absolute Gasteiger partial charge is 0.416 e. The average Bonchev–Trinajstić information content (AvgIpc) is 2.33. The number of hydrogen-bond donors (Lipinski definition) is 2. The lowest BCUT2D eigenvalue weighted by Gasteiger charge is -2.04. The number of rotatable bonds is 14. The van der Waals surface area contributed by atoms with E-state index in [2.05, 4.69) is 14.7 Å². The zero-order valence-electron chi connectivity index (χ0n) is 13.2. The van der Waals surface area contributed by atoms with Gasteiger partial charge in [0.1, 0.15) is 0 Å². The summed E-state index contributed by atoms with van der Waals surface area (Å²) < 4.78 is 58.2. The molecule has 0 aromatic carbocycles. The highest BCUT2D eigenvalue weighted by atomic mass is 32.3. The molecule has 0 saturated heterocycles.